The Balaban J connectivity index is 2.51. The number of aromatic hydroxyl groups is 1. The van der Waals surface area contributed by atoms with E-state index < -0.39 is 5.60 Å². The Morgan fingerprint density at radius 2 is 2.07 bits per heavy atom. The van der Waals surface area contributed by atoms with Gasteiger partial charge >= 0.3 is 0 Å². The summed E-state index contributed by atoms with van der Waals surface area (Å²) in [4.78, 5) is 0. The lowest BCUT2D eigenvalue weighted by atomic mass is 9.87. The van der Waals surface area contributed by atoms with Crippen LogP contribution < -0.4 is 5.32 Å². The minimum Gasteiger partial charge on any atom is -0.506 e. The topological polar surface area (TPSA) is 52.5 Å². The summed E-state index contributed by atoms with van der Waals surface area (Å²) in [5, 5.41) is 23.2. The van der Waals surface area contributed by atoms with Crippen molar-refractivity contribution in [1.29, 1.82) is 0 Å². The zero-order valence-corrected chi connectivity index (χ0v) is 9.56. The standard InChI is InChI=1S/C9H9BrClNO2/c10-7-2-5(11)1-6(8(7)13)9(14)3-12-4-9/h1-2,12-14H,3-4H2. The molecule has 0 aromatic heterocycles. The van der Waals surface area contributed by atoms with Crippen LogP contribution in [0.1, 0.15) is 5.56 Å². The Morgan fingerprint density at radius 1 is 1.43 bits per heavy atom. The summed E-state index contributed by atoms with van der Waals surface area (Å²) >= 11 is 9.01. The number of phenols is 1. The first-order valence-electron chi connectivity index (χ1n) is 4.14. The van der Waals surface area contributed by atoms with Crippen molar-refractivity contribution < 1.29 is 10.2 Å². The van der Waals surface area contributed by atoms with Crippen molar-refractivity contribution in [3.05, 3.63) is 27.2 Å². The van der Waals surface area contributed by atoms with Gasteiger partial charge in [-0.2, -0.15) is 0 Å². The number of β-amino-alcohol motifs (C(OH)–C–C–N with tert-alkyl or cyclic N) is 1. The van der Waals surface area contributed by atoms with Crippen LogP contribution in [0.25, 0.3) is 0 Å². The van der Waals surface area contributed by atoms with Crippen molar-refractivity contribution >= 4 is 27.5 Å². The highest BCUT2D eigenvalue weighted by Crippen LogP contribution is 2.39. The first-order valence-corrected chi connectivity index (χ1v) is 5.32. The predicted octanol–water partition coefficient (Wildman–Crippen LogP) is 1.60. The lowest BCUT2D eigenvalue weighted by Crippen LogP contribution is -2.56. The molecule has 1 saturated heterocycles. The van der Waals surface area contributed by atoms with Crippen LogP contribution in [0.15, 0.2) is 16.6 Å². The van der Waals surface area contributed by atoms with Crippen molar-refractivity contribution in [2.24, 2.45) is 0 Å². The normalized spacial score (nSPS) is 19.1. The van der Waals surface area contributed by atoms with Crippen LogP contribution >= 0.6 is 27.5 Å². The molecule has 1 aromatic rings. The van der Waals surface area contributed by atoms with Gasteiger partial charge in [-0.3, -0.25) is 0 Å². The Morgan fingerprint density at radius 3 is 2.57 bits per heavy atom. The molecule has 0 radical (unpaired) electrons. The number of benzene rings is 1. The van der Waals surface area contributed by atoms with Gasteiger partial charge in [0.2, 0.25) is 0 Å². The average molecular weight is 279 g/mol. The van der Waals surface area contributed by atoms with Gasteiger partial charge in [-0.1, -0.05) is 11.6 Å². The molecule has 0 bridgehead atoms. The molecule has 0 saturated carbocycles. The third-order valence-electron chi connectivity index (χ3n) is 2.36. The third-order valence-corrected chi connectivity index (χ3v) is 3.19. The van der Waals surface area contributed by atoms with Gasteiger partial charge in [-0.25, -0.2) is 0 Å². The highest BCUT2D eigenvalue weighted by atomic mass is 79.9. The second kappa shape index (κ2) is 3.38. The summed E-state index contributed by atoms with van der Waals surface area (Å²) in [6.45, 7) is 0.876. The number of hydrogen-bond donors (Lipinski definition) is 3. The van der Waals surface area contributed by atoms with Crippen LogP contribution in [-0.4, -0.2) is 23.3 Å². The Kier molecular flexibility index (Phi) is 2.47. The van der Waals surface area contributed by atoms with Gasteiger partial charge in [-0.05, 0) is 28.1 Å². The van der Waals surface area contributed by atoms with Crippen LogP contribution in [0.5, 0.6) is 5.75 Å². The summed E-state index contributed by atoms with van der Waals surface area (Å²) in [5.74, 6) is 0.0541. The SMILES string of the molecule is Oc1c(Br)cc(Cl)cc1C1(O)CNC1. The van der Waals surface area contributed by atoms with Crippen LogP contribution in [0.3, 0.4) is 0 Å². The average Bonchev–Trinajstić information content (AvgIpc) is 2.07. The van der Waals surface area contributed by atoms with Gasteiger partial charge in [-0.15, -0.1) is 0 Å². The fraction of sp³-hybridized carbons (Fsp3) is 0.333. The summed E-state index contributed by atoms with van der Waals surface area (Å²) in [7, 11) is 0. The number of aliphatic hydroxyl groups is 1. The molecule has 0 amide bonds. The molecular formula is C9H9BrClNO2. The highest BCUT2D eigenvalue weighted by Gasteiger charge is 2.39. The third kappa shape index (κ3) is 1.52. The zero-order valence-electron chi connectivity index (χ0n) is 7.22. The molecule has 0 unspecified atom stereocenters. The monoisotopic (exact) mass is 277 g/mol. The smallest absolute Gasteiger partial charge is 0.136 e. The first-order chi connectivity index (χ1) is 6.53. The van der Waals surface area contributed by atoms with E-state index in [4.69, 9.17) is 11.6 Å². The molecule has 0 spiro atoms. The first kappa shape index (κ1) is 10.2. The largest absolute Gasteiger partial charge is 0.506 e. The van der Waals surface area contributed by atoms with E-state index in [2.05, 4.69) is 21.2 Å². The lowest BCUT2D eigenvalue weighted by Gasteiger charge is -2.38. The molecule has 3 nitrogen and oxygen atoms in total. The van der Waals surface area contributed by atoms with Gasteiger partial charge in [0.25, 0.3) is 0 Å². The van der Waals surface area contributed by atoms with Crippen molar-refractivity contribution in [3.8, 4) is 5.75 Å². The van der Waals surface area contributed by atoms with E-state index in [0.29, 0.717) is 28.1 Å². The molecule has 1 fully saturated rings. The predicted molar refractivity (Wildman–Crippen MR) is 57.6 cm³/mol. The quantitative estimate of drug-likeness (QED) is 0.731. The number of halogens is 2. The fourth-order valence-corrected chi connectivity index (χ4v) is 2.28. The van der Waals surface area contributed by atoms with Gasteiger partial charge in [0.15, 0.2) is 0 Å². The number of rotatable bonds is 1. The van der Waals surface area contributed by atoms with E-state index in [1.807, 2.05) is 0 Å². The molecular weight excluding hydrogens is 269 g/mol. The van der Waals surface area contributed by atoms with Crippen LogP contribution in [-0.2, 0) is 5.60 Å². The second-order valence-electron chi connectivity index (χ2n) is 3.42. The van der Waals surface area contributed by atoms with E-state index in [1.54, 1.807) is 12.1 Å². The van der Waals surface area contributed by atoms with E-state index in [9.17, 15) is 10.2 Å². The summed E-state index contributed by atoms with van der Waals surface area (Å²) < 4.78 is 0.500. The lowest BCUT2D eigenvalue weighted by molar-refractivity contribution is -0.0165. The number of phenolic OH excluding ortho intramolecular Hbond substituents is 1. The van der Waals surface area contributed by atoms with Crippen molar-refractivity contribution in [1.82, 2.24) is 5.32 Å². The summed E-state index contributed by atoms with van der Waals surface area (Å²) in [6, 6.07) is 3.18. The summed E-state index contributed by atoms with van der Waals surface area (Å²) in [5.41, 5.74) is -0.520. The van der Waals surface area contributed by atoms with Gasteiger partial charge < -0.3 is 15.5 Å². The summed E-state index contributed by atoms with van der Waals surface area (Å²) in [6.07, 6.45) is 0. The minimum absolute atomic E-state index is 0.0541. The molecule has 1 aliphatic rings. The Hall–Kier alpha value is -0.290. The molecule has 3 N–H and O–H groups in total. The van der Waals surface area contributed by atoms with Crippen molar-refractivity contribution in [2.75, 3.05) is 13.1 Å². The van der Waals surface area contributed by atoms with Gasteiger partial charge in [0, 0.05) is 23.7 Å². The van der Waals surface area contributed by atoms with E-state index >= 15 is 0 Å². The van der Waals surface area contributed by atoms with Gasteiger partial charge in [0.1, 0.15) is 11.4 Å². The maximum atomic E-state index is 10.0. The molecule has 0 atom stereocenters. The Labute approximate surface area is 94.8 Å². The number of hydrogen-bond acceptors (Lipinski definition) is 3. The van der Waals surface area contributed by atoms with Crippen molar-refractivity contribution in [2.45, 2.75) is 5.60 Å². The maximum Gasteiger partial charge on any atom is 0.136 e. The van der Waals surface area contributed by atoms with Gasteiger partial charge in [0.05, 0.1) is 4.47 Å². The van der Waals surface area contributed by atoms with Crippen LogP contribution in [0, 0.1) is 0 Å². The zero-order chi connectivity index (χ0) is 10.3. The molecule has 0 aliphatic carbocycles. The molecule has 76 valence electrons. The number of nitrogens with one attached hydrogen (secondary N) is 1. The molecule has 2 rings (SSSR count). The maximum absolute atomic E-state index is 10.0. The van der Waals surface area contributed by atoms with Crippen molar-refractivity contribution in [3.63, 3.8) is 0 Å². The Bertz CT molecular complexity index is 379. The van der Waals surface area contributed by atoms with E-state index in [-0.39, 0.29) is 5.75 Å². The molecule has 1 aliphatic heterocycles. The molecule has 1 aromatic carbocycles. The van der Waals surface area contributed by atoms with Crippen LogP contribution in [0.4, 0.5) is 0 Å². The van der Waals surface area contributed by atoms with Crippen LogP contribution in [0.2, 0.25) is 5.02 Å². The minimum atomic E-state index is -0.989. The van der Waals surface area contributed by atoms with E-state index in [1.165, 1.54) is 0 Å². The van der Waals surface area contributed by atoms with E-state index in [0.717, 1.165) is 0 Å². The molecule has 5 heteroatoms. The molecule has 1 heterocycles. The second-order valence-corrected chi connectivity index (χ2v) is 4.71. The fourth-order valence-electron chi connectivity index (χ4n) is 1.47. The molecule has 14 heavy (non-hydrogen) atoms. The highest BCUT2D eigenvalue weighted by molar-refractivity contribution is 9.10.